The summed E-state index contributed by atoms with van der Waals surface area (Å²) in [6.07, 6.45) is 6.54. The van der Waals surface area contributed by atoms with Crippen molar-refractivity contribution in [3.8, 4) is 11.5 Å². The van der Waals surface area contributed by atoms with Gasteiger partial charge in [-0.3, -0.25) is 4.99 Å². The molecule has 2 unspecified atom stereocenters. The van der Waals surface area contributed by atoms with E-state index in [0.29, 0.717) is 6.79 Å². The average molecular weight is 343 g/mol. The zero-order chi connectivity index (χ0) is 17.1. The molecule has 0 spiro atoms. The van der Waals surface area contributed by atoms with Gasteiger partial charge in [0.15, 0.2) is 17.5 Å². The molecule has 0 amide bonds. The van der Waals surface area contributed by atoms with Gasteiger partial charge in [-0.25, -0.2) is 0 Å². The van der Waals surface area contributed by atoms with Crippen molar-refractivity contribution in [2.24, 2.45) is 16.8 Å². The van der Waals surface area contributed by atoms with Crippen molar-refractivity contribution >= 4 is 5.96 Å². The highest BCUT2D eigenvalue weighted by Crippen LogP contribution is 2.36. The SMILES string of the molecule is CCNC(=NCCc1ccc2c(c1)OCO2)N1CC2CCCCC2C1. The van der Waals surface area contributed by atoms with Crippen LogP contribution >= 0.6 is 0 Å². The number of benzene rings is 1. The Kier molecular flexibility index (Phi) is 4.99. The van der Waals surface area contributed by atoms with Crippen LogP contribution in [0.5, 0.6) is 11.5 Å². The second kappa shape index (κ2) is 7.54. The van der Waals surface area contributed by atoms with Crippen molar-refractivity contribution in [3.05, 3.63) is 23.8 Å². The highest BCUT2D eigenvalue weighted by molar-refractivity contribution is 5.80. The van der Waals surface area contributed by atoms with Gasteiger partial charge in [-0.1, -0.05) is 18.9 Å². The Bertz CT molecular complexity index is 617. The molecule has 1 aromatic carbocycles. The van der Waals surface area contributed by atoms with Gasteiger partial charge in [0.1, 0.15) is 0 Å². The molecular weight excluding hydrogens is 314 g/mol. The number of nitrogens with zero attached hydrogens (tertiary/aromatic N) is 2. The van der Waals surface area contributed by atoms with Gasteiger partial charge in [-0.2, -0.15) is 0 Å². The molecule has 136 valence electrons. The van der Waals surface area contributed by atoms with Crippen molar-refractivity contribution in [2.75, 3.05) is 33.0 Å². The molecular formula is C20H29N3O2. The number of hydrogen-bond acceptors (Lipinski definition) is 3. The van der Waals surface area contributed by atoms with Gasteiger partial charge in [0, 0.05) is 26.2 Å². The number of nitrogens with one attached hydrogen (secondary N) is 1. The molecule has 4 rings (SSSR count). The van der Waals surface area contributed by atoms with E-state index in [0.717, 1.165) is 48.8 Å². The quantitative estimate of drug-likeness (QED) is 0.674. The minimum absolute atomic E-state index is 0.332. The molecule has 3 aliphatic rings. The van der Waals surface area contributed by atoms with E-state index in [1.165, 1.54) is 44.3 Å². The summed E-state index contributed by atoms with van der Waals surface area (Å²) in [7, 11) is 0. The first-order valence-corrected chi connectivity index (χ1v) is 9.75. The largest absolute Gasteiger partial charge is 0.454 e. The van der Waals surface area contributed by atoms with Gasteiger partial charge in [0.25, 0.3) is 0 Å². The van der Waals surface area contributed by atoms with Crippen LogP contribution < -0.4 is 14.8 Å². The zero-order valence-corrected chi connectivity index (χ0v) is 15.2. The lowest BCUT2D eigenvalue weighted by molar-refractivity contribution is 0.174. The molecule has 5 heteroatoms. The topological polar surface area (TPSA) is 46.1 Å². The fourth-order valence-electron chi connectivity index (χ4n) is 4.39. The number of fused-ring (bicyclic) bond motifs is 2. The first-order chi connectivity index (χ1) is 12.3. The predicted molar refractivity (Wildman–Crippen MR) is 99.3 cm³/mol. The number of guanidine groups is 1. The summed E-state index contributed by atoms with van der Waals surface area (Å²) < 4.78 is 10.8. The lowest BCUT2D eigenvalue weighted by Gasteiger charge is -2.22. The monoisotopic (exact) mass is 343 g/mol. The third-order valence-electron chi connectivity index (χ3n) is 5.71. The van der Waals surface area contributed by atoms with Gasteiger partial charge >= 0.3 is 0 Å². The van der Waals surface area contributed by atoms with E-state index in [9.17, 15) is 0 Å². The van der Waals surface area contributed by atoms with Crippen LogP contribution in [0.2, 0.25) is 0 Å². The Morgan fingerprint density at radius 2 is 1.92 bits per heavy atom. The Morgan fingerprint density at radius 3 is 2.68 bits per heavy atom. The number of aliphatic imine (C=N–C) groups is 1. The maximum atomic E-state index is 5.46. The summed E-state index contributed by atoms with van der Waals surface area (Å²) in [5.41, 5.74) is 1.25. The Balaban J connectivity index is 1.37. The second-order valence-corrected chi connectivity index (χ2v) is 7.38. The first-order valence-electron chi connectivity index (χ1n) is 9.75. The van der Waals surface area contributed by atoms with E-state index in [4.69, 9.17) is 14.5 Å². The summed E-state index contributed by atoms with van der Waals surface area (Å²) in [6.45, 7) is 6.57. The fraction of sp³-hybridized carbons (Fsp3) is 0.650. The number of hydrogen-bond donors (Lipinski definition) is 1. The van der Waals surface area contributed by atoms with Crippen LogP contribution in [0.25, 0.3) is 0 Å². The minimum atomic E-state index is 0.332. The van der Waals surface area contributed by atoms with Crippen LogP contribution in [-0.2, 0) is 6.42 Å². The van der Waals surface area contributed by atoms with Gasteiger partial charge in [0.2, 0.25) is 6.79 Å². The maximum absolute atomic E-state index is 5.46. The van der Waals surface area contributed by atoms with Gasteiger partial charge in [0.05, 0.1) is 0 Å². The molecule has 1 aliphatic carbocycles. The Labute approximate surface area is 150 Å². The molecule has 2 heterocycles. The first kappa shape index (κ1) is 16.6. The summed E-state index contributed by atoms with van der Waals surface area (Å²) >= 11 is 0. The molecule has 2 fully saturated rings. The van der Waals surface area contributed by atoms with Crippen LogP contribution in [0.3, 0.4) is 0 Å². The van der Waals surface area contributed by atoms with Crippen LogP contribution in [0.1, 0.15) is 38.2 Å². The van der Waals surface area contributed by atoms with Crippen molar-refractivity contribution < 1.29 is 9.47 Å². The number of likely N-dealkylation sites (tertiary alicyclic amines) is 1. The number of ether oxygens (including phenoxy) is 2. The maximum Gasteiger partial charge on any atom is 0.231 e. The lowest BCUT2D eigenvalue weighted by atomic mass is 9.82. The highest BCUT2D eigenvalue weighted by atomic mass is 16.7. The number of rotatable bonds is 4. The normalized spacial score (nSPS) is 25.2. The molecule has 1 aromatic rings. The van der Waals surface area contributed by atoms with E-state index in [1.54, 1.807) is 0 Å². The zero-order valence-electron chi connectivity index (χ0n) is 15.2. The lowest BCUT2D eigenvalue weighted by Crippen LogP contribution is -2.40. The standard InChI is InChI=1S/C20H29N3O2/c1-2-21-20(23-12-16-5-3-4-6-17(16)13-23)22-10-9-15-7-8-18-19(11-15)25-14-24-18/h7-8,11,16-17H,2-6,9-10,12-14H2,1H3,(H,21,22). The Hall–Kier alpha value is -1.91. The van der Waals surface area contributed by atoms with E-state index < -0.39 is 0 Å². The van der Waals surface area contributed by atoms with E-state index in [-0.39, 0.29) is 0 Å². The van der Waals surface area contributed by atoms with Crippen molar-refractivity contribution in [1.82, 2.24) is 10.2 Å². The van der Waals surface area contributed by atoms with Crippen LogP contribution in [0.15, 0.2) is 23.2 Å². The smallest absolute Gasteiger partial charge is 0.231 e. The predicted octanol–water partition coefficient (Wildman–Crippen LogP) is 3.05. The second-order valence-electron chi connectivity index (χ2n) is 7.38. The minimum Gasteiger partial charge on any atom is -0.454 e. The molecule has 1 saturated heterocycles. The molecule has 2 atom stereocenters. The molecule has 0 radical (unpaired) electrons. The summed E-state index contributed by atoms with van der Waals surface area (Å²) in [6, 6.07) is 6.19. The van der Waals surface area contributed by atoms with E-state index in [1.807, 2.05) is 6.07 Å². The molecule has 1 N–H and O–H groups in total. The van der Waals surface area contributed by atoms with Crippen LogP contribution in [0.4, 0.5) is 0 Å². The van der Waals surface area contributed by atoms with Gasteiger partial charge in [-0.05, 0) is 55.7 Å². The molecule has 0 aromatic heterocycles. The summed E-state index contributed by atoms with van der Waals surface area (Å²) in [5.74, 6) is 4.56. The van der Waals surface area contributed by atoms with Crippen molar-refractivity contribution in [2.45, 2.75) is 39.0 Å². The van der Waals surface area contributed by atoms with Crippen LogP contribution in [0, 0.1) is 11.8 Å². The summed E-state index contributed by atoms with van der Waals surface area (Å²) in [5, 5.41) is 3.49. The van der Waals surface area contributed by atoms with Crippen LogP contribution in [-0.4, -0.2) is 43.8 Å². The highest BCUT2D eigenvalue weighted by Gasteiger charge is 2.35. The third-order valence-corrected chi connectivity index (χ3v) is 5.71. The fourth-order valence-corrected chi connectivity index (χ4v) is 4.39. The van der Waals surface area contributed by atoms with Crippen molar-refractivity contribution in [1.29, 1.82) is 0 Å². The van der Waals surface area contributed by atoms with E-state index in [2.05, 4.69) is 29.3 Å². The van der Waals surface area contributed by atoms with Gasteiger partial charge < -0.3 is 19.7 Å². The molecule has 25 heavy (non-hydrogen) atoms. The molecule has 0 bridgehead atoms. The molecule has 2 aliphatic heterocycles. The molecule has 1 saturated carbocycles. The summed E-state index contributed by atoms with van der Waals surface area (Å²) in [4.78, 5) is 7.39. The van der Waals surface area contributed by atoms with Gasteiger partial charge in [-0.15, -0.1) is 0 Å². The van der Waals surface area contributed by atoms with Crippen molar-refractivity contribution in [3.63, 3.8) is 0 Å². The Morgan fingerprint density at radius 1 is 1.16 bits per heavy atom. The average Bonchev–Trinajstić information content (AvgIpc) is 3.27. The van der Waals surface area contributed by atoms with E-state index >= 15 is 0 Å². The molecule has 5 nitrogen and oxygen atoms in total. The third kappa shape index (κ3) is 3.70.